The maximum absolute atomic E-state index is 11.2. The van der Waals surface area contributed by atoms with Crippen LogP contribution < -0.4 is 4.74 Å². The van der Waals surface area contributed by atoms with Gasteiger partial charge < -0.3 is 9.47 Å². The lowest BCUT2D eigenvalue weighted by Gasteiger charge is -2.04. The molecule has 1 aromatic carbocycles. The van der Waals surface area contributed by atoms with Gasteiger partial charge >= 0.3 is 5.97 Å². The van der Waals surface area contributed by atoms with E-state index >= 15 is 0 Å². The number of carbonyl (C=O) groups excluding carboxylic acids is 1. The molecule has 2 rings (SSSR count). The van der Waals surface area contributed by atoms with E-state index < -0.39 is 5.97 Å². The fraction of sp³-hybridized carbons (Fsp3) is 0.154. The summed E-state index contributed by atoms with van der Waals surface area (Å²) in [6, 6.07) is 7.62. The smallest absolute Gasteiger partial charge is 0.358 e. The molecule has 1 aromatic heterocycles. The van der Waals surface area contributed by atoms with Gasteiger partial charge in [-0.05, 0) is 18.2 Å². The quantitative estimate of drug-likeness (QED) is 0.799. The first kappa shape index (κ1) is 13.4. The highest BCUT2D eigenvalue weighted by Crippen LogP contribution is 2.28. The summed E-state index contributed by atoms with van der Waals surface area (Å²) < 4.78 is 9.71. The molecule has 98 valence electrons. The van der Waals surface area contributed by atoms with Gasteiger partial charge in [-0.3, -0.25) is 0 Å². The van der Waals surface area contributed by atoms with E-state index in [-0.39, 0.29) is 5.69 Å². The average molecular weight is 276 g/mol. The molecule has 0 atom stereocenters. The Labute approximate surface area is 115 Å². The van der Waals surface area contributed by atoms with Gasteiger partial charge in [0.1, 0.15) is 10.8 Å². The lowest BCUT2D eigenvalue weighted by molar-refractivity contribution is 0.0593. The molecule has 0 spiro atoms. The third kappa shape index (κ3) is 3.45. The van der Waals surface area contributed by atoms with Crippen LogP contribution in [0.1, 0.15) is 10.5 Å². The van der Waals surface area contributed by atoms with Gasteiger partial charge in [0.2, 0.25) is 0 Å². The summed E-state index contributed by atoms with van der Waals surface area (Å²) in [6.45, 7) is 0. The minimum Gasteiger partial charge on any atom is -0.497 e. The Bertz CT molecular complexity index is 572. The molecule has 1 heterocycles. The van der Waals surface area contributed by atoms with E-state index in [1.165, 1.54) is 31.3 Å². The molecule has 0 aliphatic rings. The van der Waals surface area contributed by atoms with E-state index in [4.69, 9.17) is 4.74 Å². The molecule has 0 saturated heterocycles. The largest absolute Gasteiger partial charge is 0.497 e. The number of nitrogens with zero attached hydrogens (tertiary/aromatic N) is 2. The van der Waals surface area contributed by atoms with Crippen LogP contribution in [0.25, 0.3) is 0 Å². The van der Waals surface area contributed by atoms with Crippen LogP contribution in [0.4, 0.5) is 0 Å². The highest BCUT2D eigenvalue weighted by molar-refractivity contribution is 7.99. The van der Waals surface area contributed by atoms with Gasteiger partial charge in [-0.25, -0.2) is 14.8 Å². The summed E-state index contributed by atoms with van der Waals surface area (Å²) in [7, 11) is 2.93. The Morgan fingerprint density at radius 3 is 2.68 bits per heavy atom. The SMILES string of the molecule is COC(=O)c1cnc(Sc2cccc(OC)c2)cn1. The third-order valence-corrected chi connectivity index (χ3v) is 3.20. The molecule has 6 heteroatoms. The lowest BCUT2D eigenvalue weighted by Crippen LogP contribution is -2.04. The summed E-state index contributed by atoms with van der Waals surface area (Å²) in [5, 5.41) is 0.695. The number of esters is 1. The fourth-order valence-corrected chi connectivity index (χ4v) is 2.14. The van der Waals surface area contributed by atoms with Crippen LogP contribution in [0.15, 0.2) is 46.6 Å². The van der Waals surface area contributed by atoms with E-state index in [9.17, 15) is 4.79 Å². The van der Waals surface area contributed by atoms with Crippen LogP contribution in [-0.4, -0.2) is 30.2 Å². The van der Waals surface area contributed by atoms with Crippen LogP contribution in [0.2, 0.25) is 0 Å². The molecule has 0 amide bonds. The van der Waals surface area contributed by atoms with Crippen molar-refractivity contribution in [3.8, 4) is 5.75 Å². The highest BCUT2D eigenvalue weighted by atomic mass is 32.2. The maximum atomic E-state index is 11.2. The Kier molecular flexibility index (Phi) is 4.35. The van der Waals surface area contributed by atoms with Crippen molar-refractivity contribution in [2.45, 2.75) is 9.92 Å². The minimum atomic E-state index is -0.495. The van der Waals surface area contributed by atoms with Crippen molar-refractivity contribution in [1.29, 1.82) is 0 Å². The van der Waals surface area contributed by atoms with E-state index in [0.29, 0.717) is 5.03 Å². The number of rotatable bonds is 4. The molecule has 0 N–H and O–H groups in total. The molecule has 5 nitrogen and oxygen atoms in total. The molecule has 0 radical (unpaired) electrons. The van der Waals surface area contributed by atoms with Gasteiger partial charge in [0, 0.05) is 4.90 Å². The Morgan fingerprint density at radius 2 is 2.05 bits per heavy atom. The zero-order valence-corrected chi connectivity index (χ0v) is 11.3. The van der Waals surface area contributed by atoms with Gasteiger partial charge in [0.15, 0.2) is 5.69 Å². The first-order valence-corrected chi connectivity index (χ1v) is 6.27. The topological polar surface area (TPSA) is 61.3 Å². The predicted octanol–water partition coefficient (Wildman–Crippen LogP) is 2.42. The second-order valence-electron chi connectivity index (χ2n) is 3.51. The lowest BCUT2D eigenvalue weighted by atomic mass is 10.3. The van der Waals surface area contributed by atoms with Crippen LogP contribution >= 0.6 is 11.8 Å². The highest BCUT2D eigenvalue weighted by Gasteiger charge is 2.08. The van der Waals surface area contributed by atoms with Gasteiger partial charge in [-0.15, -0.1) is 0 Å². The molecule has 0 aliphatic carbocycles. The summed E-state index contributed by atoms with van der Waals surface area (Å²) in [6.07, 6.45) is 2.94. The number of benzene rings is 1. The number of hydrogen-bond acceptors (Lipinski definition) is 6. The first-order valence-electron chi connectivity index (χ1n) is 5.45. The van der Waals surface area contributed by atoms with Crippen molar-refractivity contribution in [2.24, 2.45) is 0 Å². The number of methoxy groups -OCH3 is 2. The molecule has 0 unspecified atom stereocenters. The second kappa shape index (κ2) is 6.19. The Hall–Kier alpha value is -2.08. The van der Waals surface area contributed by atoms with Crippen LogP contribution in [0.5, 0.6) is 5.75 Å². The normalized spacial score (nSPS) is 10.0. The van der Waals surface area contributed by atoms with Gasteiger partial charge in [-0.2, -0.15) is 0 Å². The van der Waals surface area contributed by atoms with Crippen molar-refractivity contribution in [1.82, 2.24) is 9.97 Å². The van der Waals surface area contributed by atoms with E-state index in [2.05, 4.69) is 14.7 Å². The molecule has 19 heavy (non-hydrogen) atoms. The zero-order chi connectivity index (χ0) is 13.7. The van der Waals surface area contributed by atoms with Gasteiger partial charge in [0.05, 0.1) is 26.6 Å². The summed E-state index contributed by atoms with van der Waals surface area (Å²) in [4.78, 5) is 20.4. The van der Waals surface area contributed by atoms with Crippen LogP contribution in [0, 0.1) is 0 Å². The molecule has 0 aliphatic heterocycles. The summed E-state index contributed by atoms with van der Waals surface area (Å²) in [5.41, 5.74) is 0.192. The molecule has 0 fully saturated rings. The standard InChI is InChI=1S/C13H12N2O3S/c1-17-9-4-3-5-10(6-9)19-12-8-14-11(7-15-12)13(16)18-2/h3-8H,1-2H3. The molecule has 0 saturated carbocycles. The van der Waals surface area contributed by atoms with E-state index in [1.807, 2.05) is 24.3 Å². The van der Waals surface area contributed by atoms with Crippen molar-refractivity contribution in [2.75, 3.05) is 14.2 Å². The van der Waals surface area contributed by atoms with Crippen molar-refractivity contribution in [3.63, 3.8) is 0 Å². The van der Waals surface area contributed by atoms with Crippen LogP contribution in [0.3, 0.4) is 0 Å². The first-order chi connectivity index (χ1) is 9.22. The van der Waals surface area contributed by atoms with Crippen molar-refractivity contribution in [3.05, 3.63) is 42.4 Å². The Balaban J connectivity index is 2.12. The number of hydrogen-bond donors (Lipinski definition) is 0. The van der Waals surface area contributed by atoms with E-state index in [1.54, 1.807) is 7.11 Å². The fourth-order valence-electron chi connectivity index (χ4n) is 1.36. The number of carbonyl (C=O) groups is 1. The average Bonchev–Trinajstić information content (AvgIpc) is 2.47. The maximum Gasteiger partial charge on any atom is 0.358 e. The summed E-state index contributed by atoms with van der Waals surface area (Å²) in [5.74, 6) is 0.287. The third-order valence-electron chi connectivity index (χ3n) is 2.29. The molecular weight excluding hydrogens is 264 g/mol. The predicted molar refractivity (Wildman–Crippen MR) is 70.5 cm³/mol. The molecule has 2 aromatic rings. The molecular formula is C13H12N2O3S. The van der Waals surface area contributed by atoms with Crippen molar-refractivity contribution >= 4 is 17.7 Å². The summed E-state index contributed by atoms with van der Waals surface area (Å²) >= 11 is 1.44. The minimum absolute atomic E-state index is 0.192. The van der Waals surface area contributed by atoms with Crippen LogP contribution in [-0.2, 0) is 4.74 Å². The van der Waals surface area contributed by atoms with Gasteiger partial charge in [0.25, 0.3) is 0 Å². The zero-order valence-electron chi connectivity index (χ0n) is 10.5. The monoisotopic (exact) mass is 276 g/mol. The number of ether oxygens (including phenoxy) is 2. The van der Waals surface area contributed by atoms with Gasteiger partial charge in [-0.1, -0.05) is 17.8 Å². The second-order valence-corrected chi connectivity index (χ2v) is 4.61. The van der Waals surface area contributed by atoms with Crippen molar-refractivity contribution < 1.29 is 14.3 Å². The molecule has 0 bridgehead atoms. The van der Waals surface area contributed by atoms with E-state index in [0.717, 1.165) is 10.6 Å². The number of aromatic nitrogens is 2. The Morgan fingerprint density at radius 1 is 1.21 bits per heavy atom.